The molecule has 0 aliphatic heterocycles. The van der Waals surface area contributed by atoms with Crippen LogP contribution >= 0.6 is 11.8 Å². The molecular formula is C8H9N5OS. The highest BCUT2D eigenvalue weighted by molar-refractivity contribution is 7.99. The summed E-state index contributed by atoms with van der Waals surface area (Å²) in [5, 5.41) is 5.24. The Labute approximate surface area is 89.5 Å². The molecule has 15 heavy (non-hydrogen) atoms. The molecule has 2 heterocycles. The Balaban J connectivity index is 2.29. The SMILES string of the molecule is Cn1cc(N)c(Sc2nccc(=O)[nH]2)n1. The van der Waals surface area contributed by atoms with E-state index in [4.69, 9.17) is 5.73 Å². The molecule has 0 spiro atoms. The number of aryl methyl sites for hydroxylation is 1. The molecule has 3 N–H and O–H groups in total. The Morgan fingerprint density at radius 3 is 3.00 bits per heavy atom. The zero-order valence-corrected chi connectivity index (χ0v) is 8.78. The first-order chi connectivity index (χ1) is 7.15. The topological polar surface area (TPSA) is 89.6 Å². The predicted octanol–water partition coefficient (Wildman–Crippen LogP) is 0.237. The van der Waals surface area contributed by atoms with E-state index in [0.717, 1.165) is 0 Å². The van der Waals surface area contributed by atoms with Crippen molar-refractivity contribution in [3.05, 3.63) is 28.8 Å². The predicted molar refractivity (Wildman–Crippen MR) is 56.6 cm³/mol. The largest absolute Gasteiger partial charge is 0.395 e. The summed E-state index contributed by atoms with van der Waals surface area (Å²) in [4.78, 5) is 17.6. The minimum Gasteiger partial charge on any atom is -0.395 e. The normalized spacial score (nSPS) is 10.5. The molecular weight excluding hydrogens is 214 g/mol. The molecule has 7 heteroatoms. The lowest BCUT2D eigenvalue weighted by molar-refractivity contribution is 0.737. The summed E-state index contributed by atoms with van der Waals surface area (Å²) >= 11 is 1.23. The van der Waals surface area contributed by atoms with E-state index in [-0.39, 0.29) is 5.56 Å². The van der Waals surface area contributed by atoms with Crippen molar-refractivity contribution >= 4 is 17.4 Å². The molecule has 0 bridgehead atoms. The maximum Gasteiger partial charge on any atom is 0.251 e. The third-order valence-corrected chi connectivity index (χ3v) is 2.57. The highest BCUT2D eigenvalue weighted by atomic mass is 32.2. The van der Waals surface area contributed by atoms with Gasteiger partial charge in [-0.1, -0.05) is 0 Å². The second kappa shape index (κ2) is 3.77. The molecule has 0 amide bonds. The zero-order chi connectivity index (χ0) is 10.8. The lowest BCUT2D eigenvalue weighted by Gasteiger charge is -1.96. The number of aromatic amines is 1. The fraction of sp³-hybridized carbons (Fsp3) is 0.125. The van der Waals surface area contributed by atoms with Crippen LogP contribution in [-0.2, 0) is 7.05 Å². The van der Waals surface area contributed by atoms with Gasteiger partial charge in [-0.2, -0.15) is 5.10 Å². The minimum atomic E-state index is -0.193. The highest BCUT2D eigenvalue weighted by Crippen LogP contribution is 2.26. The summed E-state index contributed by atoms with van der Waals surface area (Å²) in [7, 11) is 1.78. The van der Waals surface area contributed by atoms with Crippen LogP contribution in [0.3, 0.4) is 0 Å². The van der Waals surface area contributed by atoms with Crippen molar-refractivity contribution in [1.82, 2.24) is 19.7 Å². The van der Waals surface area contributed by atoms with Gasteiger partial charge in [0, 0.05) is 25.5 Å². The zero-order valence-electron chi connectivity index (χ0n) is 7.97. The number of hydrogen-bond donors (Lipinski definition) is 2. The van der Waals surface area contributed by atoms with Crippen LogP contribution in [0, 0.1) is 0 Å². The van der Waals surface area contributed by atoms with Crippen LogP contribution in [-0.4, -0.2) is 19.7 Å². The summed E-state index contributed by atoms with van der Waals surface area (Å²) in [5.41, 5.74) is 6.07. The molecule has 6 nitrogen and oxygen atoms in total. The second-order valence-corrected chi connectivity index (χ2v) is 3.88. The molecule has 0 atom stereocenters. The molecule has 78 valence electrons. The summed E-state index contributed by atoms with van der Waals surface area (Å²) < 4.78 is 1.61. The van der Waals surface area contributed by atoms with Gasteiger partial charge in [-0.15, -0.1) is 0 Å². The first kappa shape index (κ1) is 9.78. The number of nitrogens with zero attached hydrogens (tertiary/aromatic N) is 3. The van der Waals surface area contributed by atoms with E-state index >= 15 is 0 Å². The van der Waals surface area contributed by atoms with E-state index in [1.807, 2.05) is 0 Å². The van der Waals surface area contributed by atoms with Gasteiger partial charge >= 0.3 is 0 Å². The molecule has 0 fully saturated rings. The molecule has 0 unspecified atom stereocenters. The van der Waals surface area contributed by atoms with Gasteiger partial charge in [-0.05, 0) is 11.8 Å². The number of nitrogen functional groups attached to an aromatic ring is 1. The Morgan fingerprint density at radius 1 is 1.60 bits per heavy atom. The fourth-order valence-corrected chi connectivity index (χ4v) is 1.85. The standard InChI is InChI=1S/C8H9N5OS/c1-13-4-5(9)7(12-13)15-8-10-3-2-6(14)11-8/h2-4H,9H2,1H3,(H,10,11,14). The maximum absolute atomic E-state index is 11.0. The third-order valence-electron chi connectivity index (χ3n) is 1.66. The number of aromatic nitrogens is 4. The van der Waals surface area contributed by atoms with E-state index in [0.29, 0.717) is 15.9 Å². The molecule has 0 aliphatic rings. The first-order valence-electron chi connectivity index (χ1n) is 4.17. The molecule has 2 aromatic heterocycles. The summed E-state index contributed by atoms with van der Waals surface area (Å²) in [6.07, 6.45) is 3.14. The lowest BCUT2D eigenvalue weighted by atomic mass is 10.6. The van der Waals surface area contributed by atoms with Gasteiger partial charge in [0.1, 0.15) is 5.03 Å². The Morgan fingerprint density at radius 2 is 2.40 bits per heavy atom. The van der Waals surface area contributed by atoms with Crippen molar-refractivity contribution in [3.63, 3.8) is 0 Å². The average molecular weight is 223 g/mol. The van der Waals surface area contributed by atoms with Crippen molar-refractivity contribution in [2.24, 2.45) is 7.05 Å². The number of hydrogen-bond acceptors (Lipinski definition) is 5. The van der Waals surface area contributed by atoms with Crippen LogP contribution in [0.25, 0.3) is 0 Å². The second-order valence-electron chi connectivity index (χ2n) is 2.90. The van der Waals surface area contributed by atoms with Gasteiger partial charge in [0.15, 0.2) is 5.16 Å². The highest BCUT2D eigenvalue weighted by Gasteiger charge is 2.07. The van der Waals surface area contributed by atoms with Crippen molar-refractivity contribution in [1.29, 1.82) is 0 Å². The number of anilines is 1. The van der Waals surface area contributed by atoms with Crippen LogP contribution in [0.15, 0.2) is 33.4 Å². The smallest absolute Gasteiger partial charge is 0.251 e. The third kappa shape index (κ3) is 2.18. The Hall–Kier alpha value is -1.76. The molecule has 0 aromatic carbocycles. The summed E-state index contributed by atoms with van der Waals surface area (Å²) in [6.45, 7) is 0. The van der Waals surface area contributed by atoms with Gasteiger partial charge in [0.05, 0.1) is 5.69 Å². The van der Waals surface area contributed by atoms with Gasteiger partial charge < -0.3 is 10.7 Å². The van der Waals surface area contributed by atoms with Crippen molar-refractivity contribution < 1.29 is 0 Å². The Kier molecular flexibility index (Phi) is 2.46. The van der Waals surface area contributed by atoms with Crippen molar-refractivity contribution in [2.75, 3.05) is 5.73 Å². The molecule has 0 aliphatic carbocycles. The van der Waals surface area contributed by atoms with Crippen molar-refractivity contribution in [2.45, 2.75) is 10.2 Å². The molecule has 2 rings (SSSR count). The first-order valence-corrected chi connectivity index (χ1v) is 4.99. The number of rotatable bonds is 2. The van der Waals surface area contributed by atoms with Gasteiger partial charge in [-0.3, -0.25) is 9.48 Å². The van der Waals surface area contributed by atoms with E-state index < -0.39 is 0 Å². The Bertz CT molecular complexity index is 532. The number of H-pyrrole nitrogens is 1. The molecule has 2 aromatic rings. The van der Waals surface area contributed by atoms with E-state index in [9.17, 15) is 4.79 Å². The van der Waals surface area contributed by atoms with Gasteiger partial charge in [0.2, 0.25) is 0 Å². The summed E-state index contributed by atoms with van der Waals surface area (Å²) in [5.74, 6) is 0. The van der Waals surface area contributed by atoms with Crippen LogP contribution in [0.2, 0.25) is 0 Å². The van der Waals surface area contributed by atoms with Crippen LogP contribution in [0.5, 0.6) is 0 Å². The monoisotopic (exact) mass is 223 g/mol. The van der Waals surface area contributed by atoms with Crippen LogP contribution in [0.1, 0.15) is 0 Å². The molecule has 0 saturated carbocycles. The quantitative estimate of drug-likeness (QED) is 0.712. The average Bonchev–Trinajstić information content (AvgIpc) is 2.45. The van der Waals surface area contributed by atoms with Crippen molar-refractivity contribution in [3.8, 4) is 0 Å². The lowest BCUT2D eigenvalue weighted by Crippen LogP contribution is -2.05. The van der Waals surface area contributed by atoms with E-state index in [1.54, 1.807) is 17.9 Å². The maximum atomic E-state index is 11.0. The minimum absolute atomic E-state index is 0.193. The molecule has 0 saturated heterocycles. The fourth-order valence-electron chi connectivity index (χ4n) is 1.06. The van der Waals surface area contributed by atoms with E-state index in [1.165, 1.54) is 24.0 Å². The summed E-state index contributed by atoms with van der Waals surface area (Å²) in [6, 6.07) is 1.35. The van der Waals surface area contributed by atoms with Gasteiger partial charge in [0.25, 0.3) is 5.56 Å². The number of nitrogens with one attached hydrogen (secondary N) is 1. The van der Waals surface area contributed by atoms with Crippen LogP contribution < -0.4 is 11.3 Å². The van der Waals surface area contributed by atoms with Crippen LogP contribution in [0.4, 0.5) is 5.69 Å². The van der Waals surface area contributed by atoms with Gasteiger partial charge in [-0.25, -0.2) is 4.98 Å². The number of nitrogens with two attached hydrogens (primary N) is 1. The molecule has 0 radical (unpaired) electrons. The van der Waals surface area contributed by atoms with E-state index in [2.05, 4.69) is 15.1 Å².